The van der Waals surface area contributed by atoms with Crippen LogP contribution in [-0.4, -0.2) is 30.5 Å². The third-order valence-electron chi connectivity index (χ3n) is 5.14. The maximum Gasteiger partial charge on any atom is 0.315 e. The van der Waals surface area contributed by atoms with Crippen LogP contribution in [-0.2, 0) is 9.53 Å². The number of anilines is 1. The number of rotatable bonds is 3. The predicted octanol–water partition coefficient (Wildman–Crippen LogP) is 3.25. The Hall–Kier alpha value is -2.63. The molecule has 1 saturated carbocycles. The highest BCUT2D eigenvalue weighted by molar-refractivity contribution is 6.07. The molecule has 0 spiro atoms. The second kappa shape index (κ2) is 6.35. The van der Waals surface area contributed by atoms with Crippen LogP contribution in [0.5, 0.6) is 0 Å². The number of methoxy groups -OCH3 is 1. The second-order valence-corrected chi connectivity index (χ2v) is 6.60. The van der Waals surface area contributed by atoms with Gasteiger partial charge in [-0.2, -0.15) is 0 Å². The standard InChI is InChI=1S/C19H20N2O4/c1-24-19(23)14-10-21(16-9-5-4-8-13(14)16)18(22)15-11-25-17(20-15)12-6-2-3-7-12/h4-5,8-9,11-12,14H,2-3,6-7,10H2,1H3/t14-/m1/s1. The molecule has 130 valence electrons. The van der Waals surface area contributed by atoms with Gasteiger partial charge in [-0.3, -0.25) is 9.59 Å². The molecular formula is C19H20N2O4. The number of ether oxygens (including phenoxy) is 1. The molecule has 1 aromatic carbocycles. The number of nitrogens with zero attached hydrogens (tertiary/aromatic N) is 2. The van der Waals surface area contributed by atoms with Crippen molar-refractivity contribution in [3.05, 3.63) is 47.7 Å². The fourth-order valence-electron chi connectivity index (χ4n) is 3.83. The predicted molar refractivity (Wildman–Crippen MR) is 90.6 cm³/mol. The Morgan fingerprint density at radius 3 is 2.76 bits per heavy atom. The maximum absolute atomic E-state index is 12.9. The minimum absolute atomic E-state index is 0.244. The lowest BCUT2D eigenvalue weighted by Crippen LogP contribution is -2.31. The van der Waals surface area contributed by atoms with E-state index in [2.05, 4.69) is 4.98 Å². The molecule has 6 nitrogen and oxygen atoms in total. The lowest BCUT2D eigenvalue weighted by molar-refractivity contribution is -0.141. The van der Waals surface area contributed by atoms with Gasteiger partial charge in [-0.05, 0) is 24.5 Å². The van der Waals surface area contributed by atoms with Crippen LogP contribution in [0.25, 0.3) is 0 Å². The smallest absolute Gasteiger partial charge is 0.315 e. The number of para-hydroxylation sites is 1. The number of benzene rings is 1. The van der Waals surface area contributed by atoms with Crippen molar-refractivity contribution in [3.63, 3.8) is 0 Å². The first kappa shape index (κ1) is 15.9. The summed E-state index contributed by atoms with van der Waals surface area (Å²) in [7, 11) is 1.36. The van der Waals surface area contributed by atoms with Crippen LogP contribution in [0.15, 0.2) is 34.9 Å². The molecule has 0 unspecified atom stereocenters. The van der Waals surface area contributed by atoms with Crippen molar-refractivity contribution in [2.45, 2.75) is 37.5 Å². The van der Waals surface area contributed by atoms with Crippen molar-refractivity contribution in [3.8, 4) is 0 Å². The van der Waals surface area contributed by atoms with Gasteiger partial charge in [-0.1, -0.05) is 31.0 Å². The fraction of sp³-hybridized carbons (Fsp3) is 0.421. The zero-order chi connectivity index (χ0) is 17.4. The highest BCUT2D eigenvalue weighted by Gasteiger charge is 2.38. The van der Waals surface area contributed by atoms with Crippen molar-refractivity contribution in [2.75, 3.05) is 18.6 Å². The zero-order valence-electron chi connectivity index (χ0n) is 14.1. The molecule has 1 aromatic heterocycles. The third-order valence-corrected chi connectivity index (χ3v) is 5.14. The van der Waals surface area contributed by atoms with Crippen LogP contribution in [0.3, 0.4) is 0 Å². The first-order chi connectivity index (χ1) is 12.2. The summed E-state index contributed by atoms with van der Waals surface area (Å²) in [5.41, 5.74) is 1.83. The van der Waals surface area contributed by atoms with E-state index >= 15 is 0 Å². The maximum atomic E-state index is 12.9. The van der Waals surface area contributed by atoms with E-state index in [0.29, 0.717) is 17.5 Å². The van der Waals surface area contributed by atoms with Gasteiger partial charge >= 0.3 is 5.97 Å². The first-order valence-electron chi connectivity index (χ1n) is 8.63. The third kappa shape index (κ3) is 2.71. The molecule has 2 heterocycles. The number of hydrogen-bond donors (Lipinski definition) is 0. The number of fused-ring (bicyclic) bond motifs is 1. The molecule has 1 amide bonds. The molecular weight excluding hydrogens is 320 g/mol. The van der Waals surface area contributed by atoms with Crippen molar-refractivity contribution in [1.29, 1.82) is 0 Å². The monoisotopic (exact) mass is 340 g/mol. The topological polar surface area (TPSA) is 72.6 Å². The molecule has 1 aliphatic heterocycles. The Bertz CT molecular complexity index is 807. The summed E-state index contributed by atoms with van der Waals surface area (Å²) >= 11 is 0. The normalized spacial score (nSPS) is 19.9. The first-order valence-corrected chi connectivity index (χ1v) is 8.63. The van der Waals surface area contributed by atoms with E-state index in [4.69, 9.17) is 9.15 Å². The van der Waals surface area contributed by atoms with Gasteiger partial charge in [0.15, 0.2) is 11.6 Å². The van der Waals surface area contributed by atoms with E-state index in [1.165, 1.54) is 26.2 Å². The van der Waals surface area contributed by atoms with E-state index < -0.39 is 5.92 Å². The Labute approximate surface area is 145 Å². The molecule has 1 atom stereocenters. The minimum Gasteiger partial charge on any atom is -0.468 e. The van der Waals surface area contributed by atoms with Crippen LogP contribution >= 0.6 is 0 Å². The van der Waals surface area contributed by atoms with Gasteiger partial charge < -0.3 is 14.1 Å². The van der Waals surface area contributed by atoms with Crippen LogP contribution in [0.1, 0.15) is 59.5 Å². The number of carbonyl (C=O) groups is 2. The van der Waals surface area contributed by atoms with E-state index in [9.17, 15) is 9.59 Å². The van der Waals surface area contributed by atoms with E-state index in [1.54, 1.807) is 4.90 Å². The number of hydrogen-bond acceptors (Lipinski definition) is 5. The molecule has 0 N–H and O–H groups in total. The van der Waals surface area contributed by atoms with Gasteiger partial charge in [0.2, 0.25) is 0 Å². The lowest BCUT2D eigenvalue weighted by atomic mass is 10.0. The number of oxazole rings is 1. The second-order valence-electron chi connectivity index (χ2n) is 6.60. The van der Waals surface area contributed by atoms with Crippen LogP contribution in [0.2, 0.25) is 0 Å². The summed E-state index contributed by atoms with van der Waals surface area (Å²) in [6.07, 6.45) is 5.91. The average molecular weight is 340 g/mol. The van der Waals surface area contributed by atoms with Gasteiger partial charge in [0, 0.05) is 18.2 Å². The van der Waals surface area contributed by atoms with Gasteiger partial charge in [0.05, 0.1) is 7.11 Å². The number of aromatic nitrogens is 1. The Kier molecular flexibility index (Phi) is 4.03. The van der Waals surface area contributed by atoms with Crippen LogP contribution < -0.4 is 4.90 Å². The summed E-state index contributed by atoms with van der Waals surface area (Å²) < 4.78 is 10.4. The minimum atomic E-state index is -0.466. The zero-order valence-corrected chi connectivity index (χ0v) is 14.1. The molecule has 0 radical (unpaired) electrons. The summed E-state index contributed by atoms with van der Waals surface area (Å²) in [6, 6.07) is 7.41. The quantitative estimate of drug-likeness (QED) is 0.802. The average Bonchev–Trinajstić information content (AvgIpc) is 3.39. The molecule has 6 heteroatoms. The summed E-state index contributed by atoms with van der Waals surface area (Å²) in [5, 5.41) is 0. The SMILES string of the molecule is COC(=O)[C@@H]1CN(C(=O)c2coc(C3CCCC3)n2)c2ccccc21. The van der Waals surface area contributed by atoms with Gasteiger partial charge in [0.25, 0.3) is 5.91 Å². The molecule has 1 fully saturated rings. The summed E-state index contributed by atoms with van der Waals surface area (Å²) in [5.74, 6) is -0.0826. The van der Waals surface area contributed by atoms with Crippen LogP contribution in [0.4, 0.5) is 5.69 Å². The van der Waals surface area contributed by atoms with Crippen molar-refractivity contribution >= 4 is 17.6 Å². The van der Waals surface area contributed by atoms with Crippen molar-refractivity contribution < 1.29 is 18.7 Å². The van der Waals surface area contributed by atoms with E-state index in [1.807, 2.05) is 24.3 Å². The lowest BCUT2D eigenvalue weighted by Gasteiger charge is -2.15. The molecule has 2 aromatic rings. The van der Waals surface area contributed by atoms with Gasteiger partial charge in [0.1, 0.15) is 12.2 Å². The van der Waals surface area contributed by atoms with Crippen LogP contribution in [0, 0.1) is 0 Å². The Morgan fingerprint density at radius 2 is 2.00 bits per heavy atom. The molecule has 0 bridgehead atoms. The molecule has 25 heavy (non-hydrogen) atoms. The summed E-state index contributed by atoms with van der Waals surface area (Å²) in [6.45, 7) is 0.260. The van der Waals surface area contributed by atoms with E-state index in [0.717, 1.165) is 24.1 Å². The number of esters is 1. The highest BCUT2D eigenvalue weighted by atomic mass is 16.5. The largest absolute Gasteiger partial charge is 0.468 e. The Morgan fingerprint density at radius 1 is 1.24 bits per heavy atom. The van der Waals surface area contributed by atoms with E-state index in [-0.39, 0.29) is 18.4 Å². The van der Waals surface area contributed by atoms with Gasteiger partial charge in [-0.25, -0.2) is 4.98 Å². The number of carbonyl (C=O) groups excluding carboxylic acids is 2. The molecule has 4 rings (SSSR count). The van der Waals surface area contributed by atoms with Crippen molar-refractivity contribution in [1.82, 2.24) is 4.98 Å². The molecule has 2 aliphatic rings. The fourth-order valence-corrected chi connectivity index (χ4v) is 3.83. The molecule has 0 saturated heterocycles. The highest BCUT2D eigenvalue weighted by Crippen LogP contribution is 2.38. The molecule has 1 aliphatic carbocycles. The van der Waals surface area contributed by atoms with Gasteiger partial charge in [-0.15, -0.1) is 0 Å². The van der Waals surface area contributed by atoms with Crippen molar-refractivity contribution in [2.24, 2.45) is 0 Å². The number of amides is 1. The summed E-state index contributed by atoms with van der Waals surface area (Å²) in [4.78, 5) is 31.0. The Balaban J connectivity index is 1.61.